The van der Waals surface area contributed by atoms with Gasteiger partial charge in [-0.05, 0) is 53.4 Å². The van der Waals surface area contributed by atoms with Gasteiger partial charge in [-0.2, -0.15) is 0 Å². The first-order valence-corrected chi connectivity index (χ1v) is 8.47. The average Bonchev–Trinajstić information content (AvgIpc) is 3.03. The second-order valence-electron chi connectivity index (χ2n) is 4.58. The van der Waals surface area contributed by atoms with Crippen LogP contribution in [0.2, 0.25) is 0 Å². The van der Waals surface area contributed by atoms with Gasteiger partial charge in [0, 0.05) is 8.95 Å². The lowest BCUT2D eigenvalue weighted by Crippen LogP contribution is -2.39. The number of rotatable bonds is 4. The summed E-state index contributed by atoms with van der Waals surface area (Å²) in [5.41, 5.74) is 0.291. The Balaban J connectivity index is 2.39. The molecule has 18 heavy (non-hydrogen) atoms. The average molecular weight is 399 g/mol. The zero-order valence-corrected chi connectivity index (χ0v) is 13.7. The summed E-state index contributed by atoms with van der Waals surface area (Å²) in [5.74, 6) is 0. The first kappa shape index (κ1) is 14.5. The van der Waals surface area contributed by atoms with Gasteiger partial charge in [0.1, 0.15) is 0 Å². The molecule has 1 aliphatic rings. The van der Waals surface area contributed by atoms with Crippen molar-refractivity contribution in [3.63, 3.8) is 0 Å². The zero-order valence-electron chi connectivity index (χ0n) is 9.70. The number of aliphatic hydroxyl groups is 1. The van der Waals surface area contributed by atoms with E-state index >= 15 is 0 Å². The van der Waals surface area contributed by atoms with Gasteiger partial charge in [-0.15, -0.1) is 0 Å². The van der Waals surface area contributed by atoms with Crippen molar-refractivity contribution in [1.82, 2.24) is 4.72 Å². The third kappa shape index (κ3) is 2.80. The maximum Gasteiger partial charge on any atom is 0.242 e. The Bertz CT molecular complexity index is 582. The van der Waals surface area contributed by atoms with E-state index in [2.05, 4.69) is 36.6 Å². The second kappa shape index (κ2) is 4.86. The lowest BCUT2D eigenvalue weighted by molar-refractivity contribution is 0.246. The molecule has 0 heterocycles. The Morgan fingerprint density at radius 2 is 1.94 bits per heavy atom. The summed E-state index contributed by atoms with van der Waals surface area (Å²) in [6, 6.07) is 3.31. The van der Waals surface area contributed by atoms with Crippen LogP contribution >= 0.6 is 31.9 Å². The van der Waals surface area contributed by atoms with E-state index in [1.54, 1.807) is 12.1 Å². The monoisotopic (exact) mass is 397 g/mol. The number of hydrogen-bond acceptors (Lipinski definition) is 3. The maximum atomic E-state index is 12.3. The molecule has 2 N–H and O–H groups in total. The van der Waals surface area contributed by atoms with E-state index in [9.17, 15) is 13.5 Å². The van der Waals surface area contributed by atoms with Gasteiger partial charge in [0.05, 0.1) is 17.0 Å². The van der Waals surface area contributed by atoms with Crippen molar-refractivity contribution < 1.29 is 13.5 Å². The Labute approximate surface area is 123 Å². The molecule has 0 bridgehead atoms. The number of nitrogens with one attached hydrogen (secondary N) is 1. The summed E-state index contributed by atoms with van der Waals surface area (Å²) >= 11 is 6.59. The predicted molar refractivity (Wildman–Crippen MR) is 76.0 cm³/mol. The molecule has 0 radical (unpaired) electrons. The summed E-state index contributed by atoms with van der Waals surface area (Å²) in [5, 5.41) is 9.19. The van der Waals surface area contributed by atoms with Gasteiger partial charge in [-0.25, -0.2) is 13.1 Å². The standard InChI is InChI=1S/C11H13Br2NO3S/c1-7-4-9(13)10(5-8(7)12)18(16,17)14-11(6-15)2-3-11/h4-5,14-15H,2-3,6H2,1H3. The Hall–Kier alpha value is 0.0500. The quantitative estimate of drug-likeness (QED) is 0.817. The van der Waals surface area contributed by atoms with E-state index in [0.717, 1.165) is 10.0 Å². The molecule has 7 heteroatoms. The van der Waals surface area contributed by atoms with Gasteiger partial charge < -0.3 is 5.11 Å². The van der Waals surface area contributed by atoms with E-state index in [1.165, 1.54) is 0 Å². The van der Waals surface area contributed by atoms with Crippen LogP contribution < -0.4 is 4.72 Å². The molecule has 0 spiro atoms. The predicted octanol–water partition coefficient (Wildman–Crippen LogP) is 2.32. The van der Waals surface area contributed by atoms with Crippen LogP contribution in [0.1, 0.15) is 18.4 Å². The number of halogens is 2. The molecule has 4 nitrogen and oxygen atoms in total. The summed E-state index contributed by atoms with van der Waals surface area (Å²) in [7, 11) is -3.62. The molecule has 0 atom stereocenters. The van der Waals surface area contributed by atoms with Crippen molar-refractivity contribution in [3.8, 4) is 0 Å². The van der Waals surface area contributed by atoms with Crippen LogP contribution in [0.25, 0.3) is 0 Å². The van der Waals surface area contributed by atoms with E-state index in [4.69, 9.17) is 0 Å². The second-order valence-corrected chi connectivity index (χ2v) is 7.94. The maximum absolute atomic E-state index is 12.3. The van der Waals surface area contributed by atoms with Crippen LogP contribution in [0.4, 0.5) is 0 Å². The number of aryl methyl sites for hydroxylation is 1. The van der Waals surface area contributed by atoms with Crippen LogP contribution in [0, 0.1) is 6.92 Å². The minimum absolute atomic E-state index is 0.170. The fourth-order valence-corrected chi connectivity index (χ4v) is 4.75. The van der Waals surface area contributed by atoms with Crippen LogP contribution in [0.5, 0.6) is 0 Å². The molecule has 0 unspecified atom stereocenters. The van der Waals surface area contributed by atoms with Gasteiger partial charge >= 0.3 is 0 Å². The van der Waals surface area contributed by atoms with E-state index in [1.807, 2.05) is 6.92 Å². The largest absolute Gasteiger partial charge is 0.394 e. The van der Waals surface area contributed by atoms with Crippen molar-refractivity contribution in [2.24, 2.45) is 0 Å². The van der Waals surface area contributed by atoms with Crippen molar-refractivity contribution in [2.75, 3.05) is 6.61 Å². The minimum atomic E-state index is -3.62. The van der Waals surface area contributed by atoms with Gasteiger partial charge in [0.2, 0.25) is 10.0 Å². The Morgan fingerprint density at radius 3 is 2.44 bits per heavy atom. The normalized spacial score (nSPS) is 17.8. The lowest BCUT2D eigenvalue weighted by atomic mass is 10.2. The molecule has 0 aromatic heterocycles. The highest BCUT2D eigenvalue weighted by atomic mass is 79.9. The molecular formula is C11H13Br2NO3S. The topological polar surface area (TPSA) is 66.4 Å². The Morgan fingerprint density at radius 1 is 1.33 bits per heavy atom. The van der Waals surface area contributed by atoms with E-state index < -0.39 is 15.6 Å². The number of aliphatic hydroxyl groups excluding tert-OH is 1. The van der Waals surface area contributed by atoms with Crippen molar-refractivity contribution in [3.05, 3.63) is 26.6 Å². The molecule has 0 saturated heterocycles. The van der Waals surface area contributed by atoms with E-state index in [0.29, 0.717) is 17.3 Å². The first-order valence-electron chi connectivity index (χ1n) is 5.40. The third-order valence-electron chi connectivity index (χ3n) is 3.01. The molecule has 0 amide bonds. The number of hydrogen-bond donors (Lipinski definition) is 2. The van der Waals surface area contributed by atoms with Gasteiger partial charge in [0.25, 0.3) is 0 Å². The molecule has 1 saturated carbocycles. The summed E-state index contributed by atoms with van der Waals surface area (Å²) < 4.78 is 28.3. The summed E-state index contributed by atoms with van der Waals surface area (Å²) in [6.45, 7) is 1.71. The Kier molecular flexibility index (Phi) is 3.91. The fourth-order valence-electron chi connectivity index (χ4n) is 1.62. The minimum Gasteiger partial charge on any atom is -0.394 e. The number of benzene rings is 1. The molecule has 1 aromatic carbocycles. The SMILES string of the molecule is Cc1cc(Br)c(S(=O)(=O)NC2(CO)CC2)cc1Br. The molecule has 1 aliphatic carbocycles. The smallest absolute Gasteiger partial charge is 0.242 e. The lowest BCUT2D eigenvalue weighted by Gasteiger charge is -2.16. The van der Waals surface area contributed by atoms with Crippen molar-refractivity contribution in [2.45, 2.75) is 30.2 Å². The summed E-state index contributed by atoms with van der Waals surface area (Å²) in [4.78, 5) is 0.180. The molecule has 1 fully saturated rings. The molecule has 0 aliphatic heterocycles. The number of sulfonamides is 1. The van der Waals surface area contributed by atoms with Crippen LogP contribution in [-0.2, 0) is 10.0 Å². The van der Waals surface area contributed by atoms with E-state index in [-0.39, 0.29) is 11.5 Å². The fraction of sp³-hybridized carbons (Fsp3) is 0.455. The van der Waals surface area contributed by atoms with Gasteiger partial charge in [-0.3, -0.25) is 0 Å². The third-order valence-corrected chi connectivity index (χ3v) is 6.40. The highest BCUT2D eigenvalue weighted by molar-refractivity contribution is 9.11. The van der Waals surface area contributed by atoms with Crippen molar-refractivity contribution in [1.29, 1.82) is 0 Å². The van der Waals surface area contributed by atoms with Crippen LogP contribution in [-0.4, -0.2) is 25.7 Å². The zero-order chi connectivity index (χ0) is 13.6. The van der Waals surface area contributed by atoms with Crippen LogP contribution in [0.15, 0.2) is 26.0 Å². The molecule has 100 valence electrons. The molecular weight excluding hydrogens is 386 g/mol. The molecule has 1 aromatic rings. The summed E-state index contributed by atoms with van der Waals surface area (Å²) in [6.07, 6.45) is 1.35. The highest BCUT2D eigenvalue weighted by Gasteiger charge is 2.45. The molecule has 2 rings (SSSR count). The van der Waals surface area contributed by atoms with Crippen molar-refractivity contribution >= 4 is 41.9 Å². The van der Waals surface area contributed by atoms with Crippen LogP contribution in [0.3, 0.4) is 0 Å². The van der Waals surface area contributed by atoms with Gasteiger partial charge in [-0.1, -0.05) is 15.9 Å². The highest BCUT2D eigenvalue weighted by Crippen LogP contribution is 2.37. The van der Waals surface area contributed by atoms with Gasteiger partial charge in [0.15, 0.2) is 0 Å². The first-order chi connectivity index (χ1) is 8.30.